The van der Waals surface area contributed by atoms with Gasteiger partial charge in [0, 0.05) is 17.7 Å². The highest BCUT2D eigenvalue weighted by atomic mass is 32.2. The summed E-state index contributed by atoms with van der Waals surface area (Å²) in [5.41, 5.74) is 5.31. The lowest BCUT2D eigenvalue weighted by atomic mass is 10.5. The number of hydrogen-bond donors (Lipinski definition) is 3. The van der Waals surface area contributed by atoms with E-state index in [4.69, 9.17) is 5.73 Å². The Bertz CT molecular complexity index is 196. The van der Waals surface area contributed by atoms with E-state index in [-0.39, 0.29) is 0 Å². The Hall–Kier alpha value is 0.880. The molecule has 1 aliphatic heterocycles. The van der Waals surface area contributed by atoms with Crippen LogP contribution in [0.15, 0.2) is 0 Å². The van der Waals surface area contributed by atoms with Crippen molar-refractivity contribution in [2.24, 2.45) is 5.73 Å². The molecule has 6 heteroatoms. The second-order valence-corrected chi connectivity index (χ2v) is 7.99. The SMILES string of the molecule is NCCCP(O)(O)=C1SCCS1. The third-order valence-electron chi connectivity index (χ3n) is 1.50. The minimum atomic E-state index is -2.74. The molecule has 1 aliphatic rings. The van der Waals surface area contributed by atoms with E-state index in [1.165, 1.54) is 0 Å². The molecule has 1 fully saturated rings. The molecule has 0 unspecified atom stereocenters. The van der Waals surface area contributed by atoms with Crippen LogP contribution in [0.5, 0.6) is 0 Å². The molecule has 0 bridgehead atoms. The van der Waals surface area contributed by atoms with Gasteiger partial charge < -0.3 is 15.5 Å². The summed E-state index contributed by atoms with van der Waals surface area (Å²) in [4.78, 5) is 19.4. The molecule has 1 heterocycles. The first-order valence-electron chi connectivity index (χ1n) is 3.83. The molecular weight excluding hydrogens is 213 g/mol. The van der Waals surface area contributed by atoms with Crippen LogP contribution < -0.4 is 5.73 Å². The van der Waals surface area contributed by atoms with Gasteiger partial charge in [-0.1, -0.05) is 0 Å². The Balaban J connectivity index is 2.60. The van der Waals surface area contributed by atoms with E-state index < -0.39 is 7.34 Å². The number of thioether (sulfide) groups is 2. The maximum Gasteiger partial charge on any atom is 0.139 e. The quantitative estimate of drug-likeness (QED) is 0.620. The van der Waals surface area contributed by atoms with Crippen LogP contribution in [0, 0.1) is 0 Å². The lowest BCUT2D eigenvalue weighted by molar-refractivity contribution is 0.474. The van der Waals surface area contributed by atoms with Crippen molar-refractivity contribution in [3.05, 3.63) is 0 Å². The van der Waals surface area contributed by atoms with Gasteiger partial charge >= 0.3 is 0 Å². The monoisotopic (exact) mass is 227 g/mol. The summed E-state index contributed by atoms with van der Waals surface area (Å²) in [7, 11) is -2.74. The van der Waals surface area contributed by atoms with Gasteiger partial charge in [-0.2, -0.15) is 0 Å². The molecule has 4 N–H and O–H groups in total. The fraction of sp³-hybridized carbons (Fsp3) is 0.833. The lowest BCUT2D eigenvalue weighted by Crippen LogP contribution is -2.04. The zero-order valence-electron chi connectivity index (χ0n) is 6.77. The maximum atomic E-state index is 9.68. The predicted molar refractivity (Wildman–Crippen MR) is 59.8 cm³/mol. The van der Waals surface area contributed by atoms with Gasteiger partial charge in [-0.05, 0) is 13.0 Å². The van der Waals surface area contributed by atoms with Gasteiger partial charge in [0.1, 0.15) is 7.34 Å². The summed E-state index contributed by atoms with van der Waals surface area (Å²) in [5, 5.41) is 0. The minimum Gasteiger partial charge on any atom is -0.352 e. The van der Waals surface area contributed by atoms with Crippen molar-refractivity contribution in [1.29, 1.82) is 0 Å². The van der Waals surface area contributed by atoms with Crippen molar-refractivity contribution in [2.75, 3.05) is 24.2 Å². The van der Waals surface area contributed by atoms with Gasteiger partial charge in [0.2, 0.25) is 0 Å². The Morgan fingerprint density at radius 2 is 1.92 bits per heavy atom. The van der Waals surface area contributed by atoms with E-state index in [2.05, 4.69) is 0 Å². The van der Waals surface area contributed by atoms with Crippen LogP contribution in [0.3, 0.4) is 0 Å². The van der Waals surface area contributed by atoms with Crippen LogP contribution in [-0.4, -0.2) is 38.0 Å². The van der Waals surface area contributed by atoms with Crippen LogP contribution in [0.25, 0.3) is 0 Å². The predicted octanol–water partition coefficient (Wildman–Crippen LogP) is 0.735. The molecule has 0 amide bonds. The zero-order chi connectivity index (χ0) is 9.03. The van der Waals surface area contributed by atoms with Gasteiger partial charge in [-0.3, -0.25) is 0 Å². The van der Waals surface area contributed by atoms with E-state index in [1.807, 2.05) is 0 Å². The molecule has 0 radical (unpaired) electrons. The third kappa shape index (κ3) is 2.98. The van der Waals surface area contributed by atoms with Crippen LogP contribution in [0.4, 0.5) is 0 Å². The first-order chi connectivity index (χ1) is 5.67. The van der Waals surface area contributed by atoms with E-state index in [0.29, 0.717) is 19.1 Å². The number of nitrogens with two attached hydrogens (primary N) is 1. The van der Waals surface area contributed by atoms with Crippen LogP contribution >= 0.6 is 30.9 Å². The summed E-state index contributed by atoms with van der Waals surface area (Å²) in [6.45, 7) is 0.533. The normalized spacial score (nSPS) is 18.8. The summed E-state index contributed by atoms with van der Waals surface area (Å²) in [6, 6.07) is 0. The Morgan fingerprint density at radius 1 is 1.33 bits per heavy atom. The second-order valence-electron chi connectivity index (χ2n) is 2.56. The zero-order valence-corrected chi connectivity index (χ0v) is 9.30. The molecule has 0 aromatic heterocycles. The molecule has 12 heavy (non-hydrogen) atoms. The van der Waals surface area contributed by atoms with Gasteiger partial charge in [-0.25, -0.2) is 0 Å². The molecule has 0 aromatic rings. The van der Waals surface area contributed by atoms with Gasteiger partial charge in [0.05, 0.1) is 3.96 Å². The van der Waals surface area contributed by atoms with Gasteiger partial charge in [0.15, 0.2) is 0 Å². The highest BCUT2D eigenvalue weighted by Gasteiger charge is 2.21. The van der Waals surface area contributed by atoms with Crippen molar-refractivity contribution < 1.29 is 9.79 Å². The van der Waals surface area contributed by atoms with E-state index in [0.717, 1.165) is 15.5 Å². The number of hydrogen-bond acceptors (Lipinski definition) is 5. The van der Waals surface area contributed by atoms with Crippen molar-refractivity contribution in [3.63, 3.8) is 0 Å². The van der Waals surface area contributed by atoms with E-state index in [1.54, 1.807) is 23.5 Å². The maximum absolute atomic E-state index is 9.68. The van der Waals surface area contributed by atoms with Crippen LogP contribution in [-0.2, 0) is 0 Å². The molecule has 0 aliphatic carbocycles. The summed E-state index contributed by atoms with van der Waals surface area (Å²) in [5.74, 6) is 2.01. The minimum absolute atomic E-state index is 0.457. The molecule has 0 aromatic carbocycles. The molecule has 0 saturated carbocycles. The number of rotatable bonds is 3. The highest BCUT2D eigenvalue weighted by molar-refractivity contribution is 8.47. The van der Waals surface area contributed by atoms with Crippen molar-refractivity contribution >= 4 is 34.8 Å². The Labute approximate surface area is 81.2 Å². The molecule has 1 rings (SSSR count). The topological polar surface area (TPSA) is 66.5 Å². The Morgan fingerprint density at radius 3 is 2.42 bits per heavy atom. The molecule has 0 atom stereocenters. The fourth-order valence-electron chi connectivity index (χ4n) is 0.909. The molecule has 0 spiro atoms. The van der Waals surface area contributed by atoms with Crippen LogP contribution in [0.1, 0.15) is 6.42 Å². The molecule has 3 nitrogen and oxygen atoms in total. The molecular formula is C6H14NO2PS2. The molecule has 72 valence electrons. The first kappa shape index (κ1) is 11.0. The largest absolute Gasteiger partial charge is 0.352 e. The lowest BCUT2D eigenvalue weighted by Gasteiger charge is -2.14. The summed E-state index contributed by atoms with van der Waals surface area (Å²) >= 11 is 3.18. The van der Waals surface area contributed by atoms with Crippen molar-refractivity contribution in [3.8, 4) is 0 Å². The van der Waals surface area contributed by atoms with Crippen molar-refractivity contribution in [1.82, 2.24) is 0 Å². The average molecular weight is 227 g/mol. The summed E-state index contributed by atoms with van der Waals surface area (Å²) in [6.07, 6.45) is 1.16. The van der Waals surface area contributed by atoms with E-state index >= 15 is 0 Å². The first-order valence-corrected chi connectivity index (χ1v) is 7.68. The Kier molecular flexibility index (Phi) is 4.51. The smallest absolute Gasteiger partial charge is 0.139 e. The highest BCUT2D eigenvalue weighted by Crippen LogP contribution is 2.49. The second kappa shape index (κ2) is 4.94. The average Bonchev–Trinajstić information content (AvgIpc) is 2.53. The van der Waals surface area contributed by atoms with Gasteiger partial charge in [-0.15, -0.1) is 23.5 Å². The van der Waals surface area contributed by atoms with Crippen LogP contribution in [0.2, 0.25) is 0 Å². The third-order valence-corrected chi connectivity index (χ3v) is 7.83. The summed E-state index contributed by atoms with van der Waals surface area (Å²) < 4.78 is 0.843. The molecule has 1 saturated heterocycles. The van der Waals surface area contributed by atoms with Gasteiger partial charge in [0.25, 0.3) is 0 Å². The van der Waals surface area contributed by atoms with E-state index in [9.17, 15) is 9.79 Å². The fourth-order valence-corrected chi connectivity index (χ4v) is 6.31. The standard InChI is InChI=1S/C6H14NO2PS2/c7-2-1-3-10(8,9)6-11-4-5-12-6/h8-9H,1-5,7H2. The van der Waals surface area contributed by atoms with Crippen molar-refractivity contribution in [2.45, 2.75) is 6.42 Å².